The van der Waals surface area contributed by atoms with Crippen LogP contribution in [0.25, 0.3) is 0 Å². The van der Waals surface area contributed by atoms with Crippen molar-refractivity contribution in [2.75, 3.05) is 26.2 Å². The van der Waals surface area contributed by atoms with Crippen molar-refractivity contribution in [1.82, 2.24) is 0 Å². The van der Waals surface area contributed by atoms with Crippen molar-refractivity contribution >= 4 is 0 Å². The highest BCUT2D eigenvalue weighted by Crippen LogP contribution is 2.03. The molecule has 0 saturated carbocycles. The third kappa shape index (κ3) is 5.84. The highest BCUT2D eigenvalue weighted by molar-refractivity contribution is 5.11. The third-order valence-corrected chi connectivity index (χ3v) is 5.84. The lowest BCUT2D eigenvalue weighted by molar-refractivity contribution is -0.927. The fraction of sp³-hybridized carbons (Fsp3) is 0.818. The van der Waals surface area contributed by atoms with Gasteiger partial charge in [0.25, 0.3) is 0 Å². The predicted octanol–water partition coefficient (Wildman–Crippen LogP) is 1.47. The highest BCUT2D eigenvalue weighted by atomic mass is 15.2. The summed E-state index contributed by atoms with van der Waals surface area (Å²) >= 11 is 0. The van der Waals surface area contributed by atoms with E-state index < -0.39 is 0 Å². The SMILES string of the molecule is CC(C)(C#CCCCCC#CC(C)(C)[NH+]1CCCC1)[NH+]1CCCC1. The number of quaternary nitrogens is 2. The lowest BCUT2D eigenvalue weighted by Crippen LogP contribution is -3.17. The van der Waals surface area contributed by atoms with Gasteiger partial charge >= 0.3 is 0 Å². The number of hydrogen-bond acceptors (Lipinski definition) is 0. The Balaban J connectivity index is 1.64. The monoisotopic (exact) mass is 330 g/mol. The van der Waals surface area contributed by atoms with E-state index in [9.17, 15) is 0 Å². The molecule has 0 aromatic rings. The summed E-state index contributed by atoms with van der Waals surface area (Å²) in [5.74, 6) is 13.9. The molecule has 134 valence electrons. The van der Waals surface area contributed by atoms with Gasteiger partial charge in [-0.1, -0.05) is 11.8 Å². The molecule has 2 saturated heterocycles. The second-order valence-electron chi connectivity index (χ2n) is 8.68. The van der Waals surface area contributed by atoms with Crippen molar-refractivity contribution in [3.8, 4) is 23.7 Å². The fourth-order valence-electron chi connectivity index (χ4n) is 4.02. The van der Waals surface area contributed by atoms with Gasteiger partial charge in [-0.05, 0) is 24.7 Å². The molecular formula is C22H38N2+2. The van der Waals surface area contributed by atoms with Crippen LogP contribution in [0, 0.1) is 23.7 Å². The van der Waals surface area contributed by atoms with E-state index >= 15 is 0 Å². The Bertz CT molecular complexity index is 450. The molecule has 0 bridgehead atoms. The van der Waals surface area contributed by atoms with Crippen molar-refractivity contribution in [2.45, 2.75) is 90.1 Å². The van der Waals surface area contributed by atoms with Gasteiger partial charge in [0.1, 0.15) is 0 Å². The summed E-state index contributed by atoms with van der Waals surface area (Å²) < 4.78 is 0. The standard InChI is InChI=1S/C22H36N2/c1-21(2,23-17-11-12-18-23)15-9-7-5-6-8-10-16-22(3,4)24-19-13-14-20-24/h5-8,11-14,17-20H2,1-4H3/p+2. The van der Waals surface area contributed by atoms with Gasteiger partial charge in [-0.25, -0.2) is 0 Å². The zero-order chi connectivity index (χ0) is 17.5. The Morgan fingerprint density at radius 1 is 0.625 bits per heavy atom. The highest BCUT2D eigenvalue weighted by Gasteiger charge is 2.31. The molecule has 0 aromatic carbocycles. The third-order valence-electron chi connectivity index (χ3n) is 5.84. The zero-order valence-corrected chi connectivity index (χ0v) is 16.5. The van der Waals surface area contributed by atoms with Crippen LogP contribution >= 0.6 is 0 Å². The molecule has 0 atom stereocenters. The first kappa shape index (κ1) is 19.4. The summed E-state index contributed by atoms with van der Waals surface area (Å²) in [7, 11) is 0. The molecule has 2 nitrogen and oxygen atoms in total. The molecule has 2 aliphatic rings. The van der Waals surface area contributed by atoms with Crippen LogP contribution in [0.3, 0.4) is 0 Å². The number of rotatable bonds is 5. The number of nitrogens with one attached hydrogen (secondary N) is 2. The summed E-state index contributed by atoms with van der Waals surface area (Å²) in [6, 6.07) is 0. The van der Waals surface area contributed by atoms with Crippen LogP contribution < -0.4 is 9.80 Å². The minimum atomic E-state index is 0.138. The molecule has 2 N–H and O–H groups in total. The summed E-state index contributed by atoms with van der Waals surface area (Å²) in [5.41, 5.74) is 0.275. The summed E-state index contributed by atoms with van der Waals surface area (Å²) in [5, 5.41) is 0. The van der Waals surface area contributed by atoms with E-state index in [1.807, 2.05) is 0 Å². The minimum absolute atomic E-state index is 0.138. The van der Waals surface area contributed by atoms with Gasteiger partial charge in [-0.3, -0.25) is 0 Å². The average Bonchev–Trinajstić information content (AvgIpc) is 3.23. The number of hydrogen-bond donors (Lipinski definition) is 2. The molecule has 24 heavy (non-hydrogen) atoms. The van der Waals surface area contributed by atoms with Crippen molar-refractivity contribution in [2.24, 2.45) is 0 Å². The van der Waals surface area contributed by atoms with Crippen LogP contribution in [0.1, 0.15) is 79.1 Å². The van der Waals surface area contributed by atoms with E-state index in [1.165, 1.54) is 64.7 Å². The first-order valence-electron chi connectivity index (χ1n) is 10.1. The maximum atomic E-state index is 3.53. The van der Waals surface area contributed by atoms with E-state index in [0.717, 1.165) is 12.8 Å². The molecule has 0 unspecified atom stereocenters. The quantitative estimate of drug-likeness (QED) is 0.558. The second kappa shape index (κ2) is 8.94. The zero-order valence-electron chi connectivity index (χ0n) is 16.5. The van der Waals surface area contributed by atoms with Gasteiger partial charge < -0.3 is 9.80 Å². The van der Waals surface area contributed by atoms with Gasteiger partial charge in [0, 0.05) is 66.2 Å². The van der Waals surface area contributed by atoms with Crippen LogP contribution in [0.15, 0.2) is 0 Å². The van der Waals surface area contributed by atoms with E-state index in [1.54, 1.807) is 9.80 Å². The van der Waals surface area contributed by atoms with Gasteiger partial charge in [-0.2, -0.15) is 0 Å². The second-order valence-corrected chi connectivity index (χ2v) is 8.68. The van der Waals surface area contributed by atoms with Crippen LogP contribution in [0.2, 0.25) is 0 Å². The molecule has 0 radical (unpaired) electrons. The van der Waals surface area contributed by atoms with Crippen molar-refractivity contribution < 1.29 is 9.80 Å². The van der Waals surface area contributed by atoms with E-state index in [2.05, 4.69) is 51.4 Å². The maximum Gasteiger partial charge on any atom is 0.153 e. The summed E-state index contributed by atoms with van der Waals surface area (Å²) in [4.78, 5) is 3.35. The Kier molecular flexibility index (Phi) is 7.21. The van der Waals surface area contributed by atoms with Crippen molar-refractivity contribution in [1.29, 1.82) is 0 Å². The molecule has 0 aromatic heterocycles. The molecule has 0 aliphatic carbocycles. The average molecular weight is 331 g/mol. The molecule has 0 spiro atoms. The van der Waals surface area contributed by atoms with Crippen LogP contribution in [0.5, 0.6) is 0 Å². The van der Waals surface area contributed by atoms with Gasteiger partial charge in [0.05, 0.1) is 26.2 Å². The van der Waals surface area contributed by atoms with Crippen molar-refractivity contribution in [3.63, 3.8) is 0 Å². The smallest absolute Gasteiger partial charge is 0.153 e. The molecule has 2 fully saturated rings. The molecular weight excluding hydrogens is 292 g/mol. The summed E-state index contributed by atoms with van der Waals surface area (Å²) in [6.45, 7) is 14.4. The molecule has 2 aliphatic heterocycles. The lowest BCUT2D eigenvalue weighted by atomic mass is 10.0. The normalized spacial score (nSPS) is 19.7. The maximum absolute atomic E-state index is 3.53. The van der Waals surface area contributed by atoms with E-state index in [4.69, 9.17) is 0 Å². The minimum Gasteiger partial charge on any atom is -0.320 e. The Hall–Kier alpha value is -0.960. The number of likely N-dealkylation sites (tertiary alicyclic amines) is 2. The molecule has 2 heterocycles. The van der Waals surface area contributed by atoms with Gasteiger partial charge in [0.15, 0.2) is 11.1 Å². The molecule has 2 heteroatoms. The topological polar surface area (TPSA) is 8.88 Å². The first-order valence-corrected chi connectivity index (χ1v) is 10.1. The van der Waals surface area contributed by atoms with Crippen LogP contribution in [0.4, 0.5) is 0 Å². The summed E-state index contributed by atoms with van der Waals surface area (Å²) in [6.07, 6.45) is 9.90. The first-order chi connectivity index (χ1) is 11.4. The fourth-order valence-corrected chi connectivity index (χ4v) is 4.02. The van der Waals surface area contributed by atoms with Crippen LogP contribution in [-0.2, 0) is 0 Å². The molecule has 2 rings (SSSR count). The van der Waals surface area contributed by atoms with E-state index in [0.29, 0.717) is 0 Å². The molecule has 0 amide bonds. The Morgan fingerprint density at radius 3 is 1.29 bits per heavy atom. The Morgan fingerprint density at radius 2 is 0.958 bits per heavy atom. The predicted molar refractivity (Wildman–Crippen MR) is 102 cm³/mol. The lowest BCUT2D eigenvalue weighted by Gasteiger charge is -2.26. The largest absolute Gasteiger partial charge is 0.320 e. The van der Waals surface area contributed by atoms with E-state index in [-0.39, 0.29) is 11.1 Å². The Labute approximate surface area is 150 Å². The van der Waals surface area contributed by atoms with Gasteiger partial charge in [0.2, 0.25) is 0 Å². The number of unbranched alkanes of at least 4 members (excludes halogenated alkanes) is 3. The van der Waals surface area contributed by atoms with Gasteiger partial charge in [-0.15, -0.1) is 0 Å². The van der Waals surface area contributed by atoms with Crippen molar-refractivity contribution in [3.05, 3.63) is 0 Å². The van der Waals surface area contributed by atoms with Crippen LogP contribution in [-0.4, -0.2) is 37.3 Å².